The van der Waals surface area contributed by atoms with Gasteiger partial charge in [0.15, 0.2) is 0 Å². The van der Waals surface area contributed by atoms with Crippen LogP contribution in [0, 0.1) is 18.6 Å². The second-order valence-corrected chi connectivity index (χ2v) is 7.89. The smallest absolute Gasteiger partial charge is 0.246 e. The highest BCUT2D eigenvalue weighted by atomic mass is 32.2. The van der Waals surface area contributed by atoms with Gasteiger partial charge in [0.1, 0.15) is 22.4 Å². The molecular weight excluding hydrogens is 350 g/mol. The molecule has 136 valence electrons. The van der Waals surface area contributed by atoms with Gasteiger partial charge in [-0.3, -0.25) is 4.90 Å². The number of hydrogen-bond donors (Lipinski definition) is 0. The first-order valence-corrected chi connectivity index (χ1v) is 9.47. The fourth-order valence-corrected chi connectivity index (χ4v) is 4.37. The molecule has 3 rings (SSSR count). The predicted octanol–water partition coefficient (Wildman–Crippen LogP) is 1.48. The van der Waals surface area contributed by atoms with Gasteiger partial charge in [0.05, 0.1) is 0 Å². The Morgan fingerprint density at radius 3 is 2.44 bits per heavy atom. The molecule has 1 aromatic carbocycles. The minimum absolute atomic E-state index is 0.280. The van der Waals surface area contributed by atoms with Gasteiger partial charge in [0.2, 0.25) is 10.0 Å². The summed E-state index contributed by atoms with van der Waals surface area (Å²) in [5, 5.41) is 0. The Morgan fingerprint density at radius 1 is 1.12 bits per heavy atom. The maximum atomic E-state index is 13.8. The van der Waals surface area contributed by atoms with Crippen LogP contribution in [0.2, 0.25) is 0 Å². The molecule has 1 saturated heterocycles. The van der Waals surface area contributed by atoms with Crippen molar-refractivity contribution in [3.05, 3.63) is 48.1 Å². The number of aromatic nitrogens is 2. The Hall–Kier alpha value is -1.84. The first-order chi connectivity index (χ1) is 11.9. The van der Waals surface area contributed by atoms with Crippen molar-refractivity contribution in [1.82, 2.24) is 18.8 Å². The summed E-state index contributed by atoms with van der Waals surface area (Å²) in [6.07, 6.45) is 3.66. The molecule has 0 saturated carbocycles. The molecule has 1 fully saturated rings. The molecular formula is C16H20F2N4O2S. The second kappa shape index (κ2) is 7.19. The summed E-state index contributed by atoms with van der Waals surface area (Å²) < 4.78 is 55.2. The summed E-state index contributed by atoms with van der Waals surface area (Å²) in [5.41, 5.74) is 0. The van der Waals surface area contributed by atoms with Crippen LogP contribution in [0.5, 0.6) is 0 Å². The first-order valence-electron chi connectivity index (χ1n) is 8.03. The van der Waals surface area contributed by atoms with E-state index in [1.54, 1.807) is 6.20 Å². The van der Waals surface area contributed by atoms with Crippen molar-refractivity contribution in [3.63, 3.8) is 0 Å². The molecule has 9 heteroatoms. The number of nitrogens with zero attached hydrogens (tertiary/aromatic N) is 4. The molecule has 2 heterocycles. The molecule has 0 radical (unpaired) electrons. The zero-order valence-electron chi connectivity index (χ0n) is 13.9. The number of imidazole rings is 1. The predicted molar refractivity (Wildman–Crippen MR) is 88.5 cm³/mol. The molecule has 25 heavy (non-hydrogen) atoms. The molecule has 0 amide bonds. The molecule has 0 atom stereocenters. The monoisotopic (exact) mass is 370 g/mol. The molecule has 0 N–H and O–H groups in total. The molecule has 0 spiro atoms. The van der Waals surface area contributed by atoms with Crippen molar-refractivity contribution < 1.29 is 17.2 Å². The maximum Gasteiger partial charge on any atom is 0.246 e. The van der Waals surface area contributed by atoms with Crippen LogP contribution in [0.4, 0.5) is 8.78 Å². The topological polar surface area (TPSA) is 58.4 Å². The van der Waals surface area contributed by atoms with Crippen molar-refractivity contribution in [1.29, 1.82) is 0 Å². The summed E-state index contributed by atoms with van der Waals surface area (Å²) in [4.78, 5) is 5.85. The quantitative estimate of drug-likeness (QED) is 0.800. The van der Waals surface area contributed by atoms with Gasteiger partial charge in [-0.15, -0.1) is 0 Å². The Kier molecular flexibility index (Phi) is 5.16. The lowest BCUT2D eigenvalue weighted by Gasteiger charge is -2.34. The van der Waals surface area contributed by atoms with Crippen molar-refractivity contribution in [3.8, 4) is 0 Å². The van der Waals surface area contributed by atoms with Crippen LogP contribution in [0.1, 0.15) is 5.82 Å². The molecule has 0 aliphatic carbocycles. The van der Waals surface area contributed by atoms with E-state index in [0.29, 0.717) is 19.2 Å². The van der Waals surface area contributed by atoms with Crippen LogP contribution >= 0.6 is 0 Å². The van der Waals surface area contributed by atoms with E-state index in [-0.39, 0.29) is 13.1 Å². The maximum absolute atomic E-state index is 13.8. The first kappa shape index (κ1) is 18.0. The number of halogens is 2. The van der Waals surface area contributed by atoms with Crippen molar-refractivity contribution in [2.24, 2.45) is 0 Å². The molecule has 2 aromatic rings. The summed E-state index contributed by atoms with van der Waals surface area (Å²) in [5.74, 6) is -0.915. The lowest BCUT2D eigenvalue weighted by molar-refractivity contribution is 0.182. The van der Waals surface area contributed by atoms with Crippen LogP contribution < -0.4 is 0 Å². The van der Waals surface area contributed by atoms with E-state index >= 15 is 0 Å². The normalized spacial score (nSPS) is 17.1. The molecule has 0 unspecified atom stereocenters. The van der Waals surface area contributed by atoms with Gasteiger partial charge in [-0.1, -0.05) is 0 Å². The minimum atomic E-state index is -3.95. The van der Waals surface area contributed by atoms with Crippen LogP contribution in [-0.2, 0) is 16.6 Å². The van der Waals surface area contributed by atoms with E-state index in [2.05, 4.69) is 9.88 Å². The Bertz CT molecular complexity index is 846. The molecule has 1 aliphatic heterocycles. The standard InChI is InChI=1S/C16H20F2N4O2S/c1-13-19-4-5-21(13)9-6-20-7-10-22(11-8-20)25(23,24)16-3-2-14(17)12-15(16)18/h2-5,12H,6-11H2,1H3. The van der Waals surface area contributed by atoms with Gasteiger partial charge in [0, 0.05) is 57.7 Å². The van der Waals surface area contributed by atoms with Gasteiger partial charge in [-0.25, -0.2) is 22.2 Å². The average molecular weight is 370 g/mol. The lowest BCUT2D eigenvalue weighted by atomic mass is 10.3. The third-order valence-corrected chi connectivity index (χ3v) is 6.36. The molecule has 1 aromatic heterocycles. The van der Waals surface area contributed by atoms with Gasteiger partial charge in [0.25, 0.3) is 0 Å². The third-order valence-electron chi connectivity index (χ3n) is 4.42. The van der Waals surface area contributed by atoms with Crippen LogP contribution in [-0.4, -0.2) is 59.9 Å². The van der Waals surface area contributed by atoms with Gasteiger partial charge in [-0.05, 0) is 19.1 Å². The Labute approximate surface area is 145 Å². The number of benzene rings is 1. The fraction of sp³-hybridized carbons (Fsp3) is 0.438. The largest absolute Gasteiger partial charge is 0.334 e. The SMILES string of the molecule is Cc1nccn1CCN1CCN(S(=O)(=O)c2ccc(F)cc2F)CC1. The average Bonchev–Trinajstić information content (AvgIpc) is 2.98. The zero-order chi connectivity index (χ0) is 18.0. The van der Waals surface area contributed by atoms with E-state index in [1.165, 1.54) is 4.31 Å². The highest BCUT2D eigenvalue weighted by molar-refractivity contribution is 7.89. The molecule has 1 aliphatic rings. The fourth-order valence-electron chi connectivity index (χ4n) is 2.91. The van der Waals surface area contributed by atoms with E-state index in [9.17, 15) is 17.2 Å². The van der Waals surface area contributed by atoms with Gasteiger partial charge in [-0.2, -0.15) is 4.31 Å². The molecule has 6 nitrogen and oxygen atoms in total. The van der Waals surface area contributed by atoms with Gasteiger partial charge < -0.3 is 4.57 Å². The van der Waals surface area contributed by atoms with E-state index < -0.39 is 26.6 Å². The highest BCUT2D eigenvalue weighted by Crippen LogP contribution is 2.21. The van der Waals surface area contributed by atoms with Crippen molar-refractivity contribution in [2.45, 2.75) is 18.4 Å². The third kappa shape index (κ3) is 3.88. The summed E-state index contributed by atoms with van der Waals surface area (Å²) in [6.45, 7) is 5.19. The number of rotatable bonds is 5. The van der Waals surface area contributed by atoms with E-state index in [1.807, 2.05) is 17.7 Å². The van der Waals surface area contributed by atoms with Crippen molar-refractivity contribution >= 4 is 10.0 Å². The molecule has 0 bridgehead atoms. The highest BCUT2D eigenvalue weighted by Gasteiger charge is 2.30. The number of sulfonamides is 1. The van der Waals surface area contributed by atoms with Crippen LogP contribution in [0.3, 0.4) is 0 Å². The summed E-state index contributed by atoms with van der Waals surface area (Å²) in [6, 6.07) is 2.53. The lowest BCUT2D eigenvalue weighted by Crippen LogP contribution is -2.49. The van der Waals surface area contributed by atoms with Crippen LogP contribution in [0.15, 0.2) is 35.5 Å². The second-order valence-electron chi connectivity index (χ2n) is 5.99. The number of hydrogen-bond acceptors (Lipinski definition) is 4. The van der Waals surface area contributed by atoms with Gasteiger partial charge >= 0.3 is 0 Å². The van der Waals surface area contributed by atoms with E-state index in [4.69, 9.17) is 0 Å². The summed E-state index contributed by atoms with van der Waals surface area (Å²) >= 11 is 0. The Morgan fingerprint density at radius 2 is 1.84 bits per heavy atom. The minimum Gasteiger partial charge on any atom is -0.334 e. The number of piperazine rings is 1. The summed E-state index contributed by atoms with van der Waals surface area (Å²) in [7, 11) is -3.95. The van der Waals surface area contributed by atoms with Crippen LogP contribution in [0.25, 0.3) is 0 Å². The van der Waals surface area contributed by atoms with E-state index in [0.717, 1.165) is 31.0 Å². The number of aryl methyl sites for hydroxylation is 1. The van der Waals surface area contributed by atoms with Crippen molar-refractivity contribution in [2.75, 3.05) is 32.7 Å². The Balaban J connectivity index is 1.60. The zero-order valence-corrected chi connectivity index (χ0v) is 14.7.